The van der Waals surface area contributed by atoms with Crippen molar-refractivity contribution in [3.05, 3.63) is 110 Å². The maximum absolute atomic E-state index is 13.5. The minimum absolute atomic E-state index is 0.222. The first-order valence-corrected chi connectivity index (χ1v) is 13.1. The highest BCUT2D eigenvalue weighted by molar-refractivity contribution is 8.26. The predicted molar refractivity (Wildman–Crippen MR) is 147 cm³/mol. The Morgan fingerprint density at radius 2 is 1.80 bits per heavy atom. The summed E-state index contributed by atoms with van der Waals surface area (Å²) in [5, 5.41) is 1.13. The number of halogens is 1. The van der Waals surface area contributed by atoms with Crippen LogP contribution in [-0.2, 0) is 11.3 Å². The minimum Gasteiger partial charge on any atom is -0.288 e. The summed E-state index contributed by atoms with van der Waals surface area (Å²) in [4.78, 5) is 34.3. The Labute approximate surface area is 220 Å². The number of thiocarbonyl (C=S) groups is 1. The van der Waals surface area contributed by atoms with Crippen molar-refractivity contribution in [3.63, 3.8) is 0 Å². The Kier molecular flexibility index (Phi) is 6.80. The van der Waals surface area contributed by atoms with Gasteiger partial charge >= 0.3 is 0 Å². The Morgan fingerprint density at radius 1 is 1.06 bits per heavy atom. The second-order valence-electron chi connectivity index (χ2n) is 7.87. The number of carbonyl (C=O) groups excluding carboxylic acids is 1. The number of fused-ring (bicyclic) bond motifs is 1. The first kappa shape index (κ1) is 23.8. The molecule has 3 heterocycles. The molecule has 5 rings (SSSR count). The van der Waals surface area contributed by atoms with Gasteiger partial charge in [0.15, 0.2) is 0 Å². The molecule has 2 aromatic heterocycles. The van der Waals surface area contributed by atoms with Gasteiger partial charge in [-0.15, -0.1) is 0 Å². The van der Waals surface area contributed by atoms with Gasteiger partial charge in [-0.2, -0.15) is 0 Å². The number of rotatable bonds is 5. The van der Waals surface area contributed by atoms with Crippen molar-refractivity contribution in [2.45, 2.75) is 23.4 Å². The van der Waals surface area contributed by atoms with E-state index in [1.165, 1.54) is 27.9 Å². The van der Waals surface area contributed by atoms with Gasteiger partial charge in [0, 0.05) is 16.1 Å². The van der Waals surface area contributed by atoms with Crippen LogP contribution in [0.3, 0.4) is 0 Å². The average molecular weight is 536 g/mol. The largest absolute Gasteiger partial charge is 0.288 e. The van der Waals surface area contributed by atoms with Crippen molar-refractivity contribution in [2.75, 3.05) is 0 Å². The van der Waals surface area contributed by atoms with Gasteiger partial charge in [-0.1, -0.05) is 83.2 Å². The van der Waals surface area contributed by atoms with Gasteiger partial charge in [-0.3, -0.25) is 18.9 Å². The second kappa shape index (κ2) is 9.99. The van der Waals surface area contributed by atoms with Crippen LogP contribution in [0.15, 0.2) is 92.5 Å². The molecule has 0 aliphatic carbocycles. The van der Waals surface area contributed by atoms with E-state index in [2.05, 4.69) is 0 Å². The number of thioether (sulfide) groups is 1. The quantitative estimate of drug-likeness (QED) is 0.172. The Bertz CT molecular complexity index is 1550. The normalized spacial score (nSPS) is 14.9. The zero-order chi connectivity index (χ0) is 24.5. The van der Waals surface area contributed by atoms with Crippen LogP contribution in [0, 0.1) is 6.92 Å². The number of hydrogen-bond acceptors (Lipinski definition) is 6. The maximum Gasteiger partial charge on any atom is 0.266 e. The molecule has 4 aromatic rings. The average Bonchev–Trinajstić information content (AvgIpc) is 3.11. The summed E-state index contributed by atoms with van der Waals surface area (Å²) in [5.41, 5.74) is 2.74. The number of hydrogen-bond donors (Lipinski definition) is 0. The molecule has 1 saturated heterocycles. The van der Waals surface area contributed by atoms with E-state index in [-0.39, 0.29) is 11.5 Å². The highest BCUT2D eigenvalue weighted by Crippen LogP contribution is 2.36. The summed E-state index contributed by atoms with van der Waals surface area (Å²) in [7, 11) is 0. The molecule has 0 bridgehead atoms. The lowest BCUT2D eigenvalue weighted by atomic mass is 10.1. The lowest BCUT2D eigenvalue weighted by molar-refractivity contribution is -0.122. The fraction of sp³-hybridized carbons (Fsp3) is 0.0769. The molecule has 2 aromatic carbocycles. The van der Waals surface area contributed by atoms with Crippen molar-refractivity contribution in [3.8, 4) is 0 Å². The van der Waals surface area contributed by atoms with E-state index in [0.717, 1.165) is 16.0 Å². The lowest BCUT2D eigenvalue weighted by Crippen LogP contribution is -2.27. The SMILES string of the molecule is Cc1ccc(CN2C(=O)C(=Cc3c(Sc4ccc(Cl)cc4)nc4ccccn4c3=O)SC2=S)cc1. The molecule has 174 valence electrons. The first-order valence-electron chi connectivity index (χ1n) is 10.6. The van der Waals surface area contributed by atoms with Crippen LogP contribution in [-0.4, -0.2) is 24.5 Å². The van der Waals surface area contributed by atoms with Crippen molar-refractivity contribution in [1.82, 2.24) is 14.3 Å². The monoisotopic (exact) mass is 535 g/mol. The number of benzene rings is 2. The Morgan fingerprint density at radius 3 is 2.54 bits per heavy atom. The topological polar surface area (TPSA) is 54.7 Å². The summed E-state index contributed by atoms with van der Waals surface area (Å²) in [6.45, 7) is 2.39. The third-order valence-corrected chi connectivity index (χ3v) is 8.01. The molecule has 0 spiro atoms. The summed E-state index contributed by atoms with van der Waals surface area (Å²) in [6, 6.07) is 20.7. The number of pyridine rings is 1. The van der Waals surface area contributed by atoms with E-state index >= 15 is 0 Å². The van der Waals surface area contributed by atoms with E-state index in [1.807, 2.05) is 49.4 Å². The van der Waals surface area contributed by atoms with Gasteiger partial charge in [0.05, 0.1) is 17.0 Å². The standard InChI is InChI=1S/C26H18ClN3O2S3/c1-16-5-7-17(8-6-16)15-30-25(32)21(35-26(30)33)14-20-23(34-19-11-9-18(27)10-12-19)28-22-4-2-3-13-29(22)24(20)31/h2-14H,15H2,1H3. The Hall–Kier alpha value is -2.91. The number of aromatic nitrogens is 2. The van der Waals surface area contributed by atoms with Gasteiger partial charge in [0.25, 0.3) is 11.5 Å². The molecule has 0 atom stereocenters. The fourth-order valence-electron chi connectivity index (χ4n) is 3.54. The molecule has 35 heavy (non-hydrogen) atoms. The van der Waals surface area contributed by atoms with Crippen LogP contribution < -0.4 is 5.56 Å². The van der Waals surface area contributed by atoms with Crippen molar-refractivity contribution >= 4 is 69.3 Å². The molecule has 1 aliphatic rings. The fourth-order valence-corrected chi connectivity index (χ4v) is 5.80. The first-order chi connectivity index (χ1) is 16.9. The van der Waals surface area contributed by atoms with Crippen LogP contribution >= 0.6 is 47.3 Å². The van der Waals surface area contributed by atoms with Crippen molar-refractivity contribution in [1.29, 1.82) is 0 Å². The van der Waals surface area contributed by atoms with Crippen LogP contribution in [0.5, 0.6) is 0 Å². The van der Waals surface area contributed by atoms with Gasteiger partial charge in [0.2, 0.25) is 0 Å². The lowest BCUT2D eigenvalue weighted by Gasteiger charge is -2.14. The second-order valence-corrected chi connectivity index (χ2v) is 11.0. The molecule has 5 nitrogen and oxygen atoms in total. The minimum atomic E-state index is -0.254. The molecule has 9 heteroatoms. The zero-order valence-corrected chi connectivity index (χ0v) is 21.7. The molecular formula is C26H18ClN3O2S3. The number of amides is 1. The van der Waals surface area contributed by atoms with Crippen molar-refractivity contribution < 1.29 is 4.79 Å². The molecule has 0 saturated carbocycles. The molecule has 0 unspecified atom stereocenters. The third kappa shape index (κ3) is 5.06. The number of carbonyl (C=O) groups is 1. The van der Waals surface area contributed by atoms with Crippen LogP contribution in [0.4, 0.5) is 0 Å². The van der Waals surface area contributed by atoms with Crippen LogP contribution in [0.25, 0.3) is 11.7 Å². The van der Waals surface area contributed by atoms with Gasteiger partial charge in [-0.05, 0) is 55.0 Å². The van der Waals surface area contributed by atoms with E-state index in [4.69, 9.17) is 28.8 Å². The molecule has 0 N–H and O–H groups in total. The maximum atomic E-state index is 13.5. The molecule has 0 radical (unpaired) electrons. The van der Waals surface area contributed by atoms with E-state index in [9.17, 15) is 9.59 Å². The third-order valence-electron chi connectivity index (χ3n) is 5.37. The number of aryl methyl sites for hydroxylation is 1. The highest BCUT2D eigenvalue weighted by atomic mass is 35.5. The highest BCUT2D eigenvalue weighted by Gasteiger charge is 2.32. The van der Waals surface area contributed by atoms with E-state index in [0.29, 0.717) is 37.0 Å². The van der Waals surface area contributed by atoms with Gasteiger partial charge in [0.1, 0.15) is 15.0 Å². The van der Waals surface area contributed by atoms with Gasteiger partial charge < -0.3 is 0 Å². The number of nitrogens with zero attached hydrogens (tertiary/aromatic N) is 3. The summed E-state index contributed by atoms with van der Waals surface area (Å²) in [6.07, 6.45) is 3.28. The van der Waals surface area contributed by atoms with E-state index in [1.54, 1.807) is 41.4 Å². The summed E-state index contributed by atoms with van der Waals surface area (Å²) < 4.78 is 1.94. The summed E-state index contributed by atoms with van der Waals surface area (Å²) >= 11 is 14.1. The van der Waals surface area contributed by atoms with Crippen LogP contribution in [0.2, 0.25) is 5.02 Å². The Balaban J connectivity index is 1.54. The zero-order valence-electron chi connectivity index (χ0n) is 18.5. The molecule has 1 fully saturated rings. The predicted octanol–water partition coefficient (Wildman–Crippen LogP) is 6.21. The van der Waals surface area contributed by atoms with E-state index < -0.39 is 0 Å². The molecule has 1 amide bonds. The molecular weight excluding hydrogens is 518 g/mol. The smallest absolute Gasteiger partial charge is 0.266 e. The van der Waals surface area contributed by atoms with Crippen LogP contribution in [0.1, 0.15) is 16.7 Å². The molecule has 1 aliphatic heterocycles. The van der Waals surface area contributed by atoms with Crippen molar-refractivity contribution in [2.24, 2.45) is 0 Å². The summed E-state index contributed by atoms with van der Waals surface area (Å²) in [5.74, 6) is -0.222. The van der Waals surface area contributed by atoms with Gasteiger partial charge in [-0.25, -0.2) is 4.98 Å².